The lowest BCUT2D eigenvalue weighted by molar-refractivity contribution is 0.284. The van der Waals surface area contributed by atoms with E-state index in [1.807, 2.05) is 18.2 Å². The Hall–Kier alpha value is -1.59. The van der Waals surface area contributed by atoms with E-state index in [4.69, 9.17) is 14.5 Å². The molecule has 5 heteroatoms. The van der Waals surface area contributed by atoms with E-state index in [0.717, 1.165) is 32.6 Å². The zero-order valence-electron chi connectivity index (χ0n) is 11.5. The average Bonchev–Trinajstić information content (AvgIpc) is 3.25. The highest BCUT2D eigenvalue weighted by atomic mass is 32.1. The van der Waals surface area contributed by atoms with Crippen LogP contribution in [0.15, 0.2) is 18.2 Å². The molecule has 0 bridgehead atoms. The van der Waals surface area contributed by atoms with Gasteiger partial charge in [-0.3, -0.25) is 0 Å². The van der Waals surface area contributed by atoms with E-state index in [-0.39, 0.29) is 6.61 Å². The van der Waals surface area contributed by atoms with Gasteiger partial charge in [0.2, 0.25) is 0 Å². The van der Waals surface area contributed by atoms with Crippen LogP contribution in [0.5, 0.6) is 11.5 Å². The predicted octanol–water partition coefficient (Wildman–Crippen LogP) is 3.20. The van der Waals surface area contributed by atoms with Crippen molar-refractivity contribution in [3.05, 3.63) is 28.8 Å². The summed E-state index contributed by atoms with van der Waals surface area (Å²) < 4.78 is 10.7. The van der Waals surface area contributed by atoms with Crippen molar-refractivity contribution in [1.29, 1.82) is 0 Å². The maximum absolute atomic E-state index is 9.50. The van der Waals surface area contributed by atoms with Crippen LogP contribution in [0.1, 0.15) is 29.3 Å². The highest BCUT2D eigenvalue weighted by Gasteiger charge is 2.30. The molecule has 1 heterocycles. The van der Waals surface area contributed by atoms with Crippen LogP contribution in [0.2, 0.25) is 0 Å². The van der Waals surface area contributed by atoms with Gasteiger partial charge in [0, 0.05) is 5.92 Å². The fraction of sp³-hybridized carbons (Fsp3) is 0.400. The van der Waals surface area contributed by atoms with Gasteiger partial charge in [0.1, 0.15) is 16.5 Å². The number of thiazole rings is 1. The number of aromatic nitrogens is 1. The van der Waals surface area contributed by atoms with Crippen molar-refractivity contribution < 1.29 is 14.6 Å². The second-order valence-electron chi connectivity index (χ2n) is 4.83. The van der Waals surface area contributed by atoms with E-state index >= 15 is 0 Å². The van der Waals surface area contributed by atoms with Crippen LogP contribution in [0.25, 0.3) is 10.6 Å². The number of methoxy groups -OCH3 is 2. The number of aliphatic hydroxyl groups is 1. The van der Waals surface area contributed by atoms with Crippen molar-refractivity contribution in [3.63, 3.8) is 0 Å². The van der Waals surface area contributed by atoms with Crippen molar-refractivity contribution >= 4 is 11.3 Å². The molecule has 1 fully saturated rings. The second kappa shape index (κ2) is 5.42. The van der Waals surface area contributed by atoms with Gasteiger partial charge >= 0.3 is 0 Å². The summed E-state index contributed by atoms with van der Waals surface area (Å²) >= 11 is 1.53. The van der Waals surface area contributed by atoms with Crippen LogP contribution in [0, 0.1) is 0 Å². The molecule has 1 aromatic heterocycles. The van der Waals surface area contributed by atoms with E-state index in [2.05, 4.69) is 0 Å². The Morgan fingerprint density at radius 1 is 1.30 bits per heavy atom. The molecule has 4 nitrogen and oxygen atoms in total. The molecule has 3 rings (SSSR count). The summed E-state index contributed by atoms with van der Waals surface area (Å²) in [4.78, 5) is 5.69. The third-order valence-corrected chi connectivity index (χ3v) is 4.56. The molecule has 1 aliphatic rings. The first-order chi connectivity index (χ1) is 9.76. The van der Waals surface area contributed by atoms with Crippen molar-refractivity contribution in [2.75, 3.05) is 14.2 Å². The van der Waals surface area contributed by atoms with E-state index in [0.29, 0.717) is 5.92 Å². The molecule has 0 saturated heterocycles. The standard InChI is InChI=1S/C15H17NO3S/c1-18-10-5-6-12(19-2)11(7-10)15-16-14(9-3-4-9)13(8-17)20-15/h5-7,9,17H,3-4,8H2,1-2H3. The zero-order chi connectivity index (χ0) is 14.1. The summed E-state index contributed by atoms with van der Waals surface area (Å²) in [5.74, 6) is 2.07. The van der Waals surface area contributed by atoms with E-state index in [1.54, 1.807) is 14.2 Å². The molecule has 106 valence electrons. The lowest BCUT2D eigenvalue weighted by atomic mass is 10.2. The molecule has 0 atom stereocenters. The highest BCUT2D eigenvalue weighted by molar-refractivity contribution is 7.15. The van der Waals surface area contributed by atoms with Crippen molar-refractivity contribution in [1.82, 2.24) is 4.98 Å². The Morgan fingerprint density at radius 2 is 2.10 bits per heavy atom. The van der Waals surface area contributed by atoms with Crippen LogP contribution >= 0.6 is 11.3 Å². The molecule has 0 radical (unpaired) electrons. The van der Waals surface area contributed by atoms with E-state index in [9.17, 15) is 5.11 Å². The van der Waals surface area contributed by atoms with Crippen LogP contribution < -0.4 is 9.47 Å². The monoisotopic (exact) mass is 291 g/mol. The summed E-state index contributed by atoms with van der Waals surface area (Å²) in [5, 5.41) is 10.4. The Kier molecular flexibility index (Phi) is 3.63. The summed E-state index contributed by atoms with van der Waals surface area (Å²) in [7, 11) is 3.29. The minimum absolute atomic E-state index is 0.0514. The molecular formula is C15H17NO3S. The van der Waals surface area contributed by atoms with Gasteiger partial charge in [-0.15, -0.1) is 11.3 Å². The van der Waals surface area contributed by atoms with Gasteiger partial charge in [-0.05, 0) is 31.0 Å². The van der Waals surface area contributed by atoms with E-state index < -0.39 is 0 Å². The summed E-state index contributed by atoms with van der Waals surface area (Å²) in [6.07, 6.45) is 2.34. The molecular weight excluding hydrogens is 274 g/mol. The lowest BCUT2D eigenvalue weighted by Crippen LogP contribution is -1.90. The van der Waals surface area contributed by atoms with Crippen LogP contribution in [0.4, 0.5) is 0 Å². The van der Waals surface area contributed by atoms with Gasteiger partial charge in [-0.25, -0.2) is 4.98 Å². The quantitative estimate of drug-likeness (QED) is 0.919. The van der Waals surface area contributed by atoms with Crippen LogP contribution in [0.3, 0.4) is 0 Å². The van der Waals surface area contributed by atoms with Crippen molar-refractivity contribution in [3.8, 4) is 22.1 Å². The summed E-state index contributed by atoms with van der Waals surface area (Å²) in [5.41, 5.74) is 1.97. The van der Waals surface area contributed by atoms with Gasteiger partial charge in [0.25, 0.3) is 0 Å². The number of hydrogen-bond acceptors (Lipinski definition) is 5. The number of rotatable bonds is 5. The fourth-order valence-corrected chi connectivity index (χ4v) is 3.28. The van der Waals surface area contributed by atoms with Crippen LogP contribution in [-0.4, -0.2) is 24.3 Å². The Labute approximate surface area is 122 Å². The average molecular weight is 291 g/mol. The molecule has 0 aliphatic heterocycles. The molecule has 1 saturated carbocycles. The van der Waals surface area contributed by atoms with Crippen molar-refractivity contribution in [2.45, 2.75) is 25.4 Å². The molecule has 20 heavy (non-hydrogen) atoms. The Balaban J connectivity index is 2.07. The van der Waals surface area contributed by atoms with Gasteiger partial charge in [-0.2, -0.15) is 0 Å². The van der Waals surface area contributed by atoms with Gasteiger partial charge in [0.15, 0.2) is 0 Å². The first-order valence-electron chi connectivity index (χ1n) is 6.59. The smallest absolute Gasteiger partial charge is 0.129 e. The topological polar surface area (TPSA) is 51.6 Å². The Morgan fingerprint density at radius 3 is 2.70 bits per heavy atom. The number of ether oxygens (including phenoxy) is 2. The normalized spacial score (nSPS) is 14.3. The predicted molar refractivity (Wildman–Crippen MR) is 78.6 cm³/mol. The SMILES string of the molecule is COc1ccc(OC)c(-c2nc(C3CC3)c(CO)s2)c1. The molecule has 1 aliphatic carbocycles. The minimum atomic E-state index is 0.0514. The first kappa shape index (κ1) is 13.4. The summed E-state index contributed by atoms with van der Waals surface area (Å²) in [6, 6.07) is 5.67. The minimum Gasteiger partial charge on any atom is -0.497 e. The fourth-order valence-electron chi connectivity index (χ4n) is 2.25. The Bertz CT molecular complexity index is 620. The van der Waals surface area contributed by atoms with Crippen molar-refractivity contribution in [2.24, 2.45) is 0 Å². The largest absolute Gasteiger partial charge is 0.497 e. The second-order valence-corrected chi connectivity index (χ2v) is 5.91. The maximum atomic E-state index is 9.50. The molecule has 1 N–H and O–H groups in total. The lowest BCUT2D eigenvalue weighted by Gasteiger charge is -2.08. The third-order valence-electron chi connectivity index (χ3n) is 3.47. The summed E-state index contributed by atoms with van der Waals surface area (Å²) in [6.45, 7) is 0.0514. The number of nitrogens with zero attached hydrogens (tertiary/aromatic N) is 1. The number of benzene rings is 1. The van der Waals surface area contributed by atoms with Gasteiger partial charge in [0.05, 0.1) is 37.0 Å². The van der Waals surface area contributed by atoms with Gasteiger partial charge in [-0.1, -0.05) is 0 Å². The highest BCUT2D eigenvalue weighted by Crippen LogP contribution is 2.45. The van der Waals surface area contributed by atoms with E-state index in [1.165, 1.54) is 24.2 Å². The molecule has 1 aromatic carbocycles. The third kappa shape index (κ3) is 2.39. The van der Waals surface area contributed by atoms with Crippen LogP contribution in [-0.2, 0) is 6.61 Å². The number of hydrogen-bond donors (Lipinski definition) is 1. The zero-order valence-corrected chi connectivity index (χ0v) is 12.4. The number of aliphatic hydroxyl groups excluding tert-OH is 1. The molecule has 2 aromatic rings. The van der Waals surface area contributed by atoms with Gasteiger partial charge < -0.3 is 14.6 Å². The first-order valence-corrected chi connectivity index (χ1v) is 7.41. The maximum Gasteiger partial charge on any atom is 0.129 e. The molecule has 0 unspecified atom stereocenters. The molecule has 0 spiro atoms. The molecule has 0 amide bonds.